The third-order valence-electron chi connectivity index (χ3n) is 3.32. The highest BCUT2D eigenvalue weighted by Gasteiger charge is 2.26. The average molecular weight is 234 g/mol. The van der Waals surface area contributed by atoms with Gasteiger partial charge in [-0.15, -0.1) is 11.8 Å². The molecule has 16 heavy (non-hydrogen) atoms. The van der Waals surface area contributed by atoms with E-state index in [1.165, 1.54) is 29.1 Å². The molecular formula is C14H18OS. The summed E-state index contributed by atoms with van der Waals surface area (Å²) in [5.41, 5.74) is 2.39. The molecule has 1 aliphatic heterocycles. The predicted molar refractivity (Wildman–Crippen MR) is 69.4 cm³/mol. The lowest BCUT2D eigenvalue weighted by molar-refractivity contribution is 0.101. The molecule has 0 saturated heterocycles. The fourth-order valence-corrected chi connectivity index (χ4v) is 3.40. The fraction of sp³-hybridized carbons (Fsp3) is 0.500. The van der Waals surface area contributed by atoms with Crippen LogP contribution in [0.25, 0.3) is 0 Å². The number of carbonyl (C=O) groups excluding carboxylic acids is 1. The van der Waals surface area contributed by atoms with Crippen molar-refractivity contribution in [1.82, 2.24) is 0 Å². The molecule has 0 N–H and O–H groups in total. The van der Waals surface area contributed by atoms with Crippen molar-refractivity contribution in [1.29, 1.82) is 0 Å². The summed E-state index contributed by atoms with van der Waals surface area (Å²) in [4.78, 5) is 12.8. The van der Waals surface area contributed by atoms with Gasteiger partial charge in [-0.2, -0.15) is 0 Å². The molecule has 1 heterocycles. The number of carbonyl (C=O) groups is 1. The van der Waals surface area contributed by atoms with E-state index in [0.717, 1.165) is 5.56 Å². The maximum absolute atomic E-state index is 11.4. The van der Waals surface area contributed by atoms with Crippen LogP contribution in [0.2, 0.25) is 0 Å². The molecule has 1 aromatic carbocycles. The zero-order chi connectivity index (χ0) is 11.8. The van der Waals surface area contributed by atoms with E-state index in [9.17, 15) is 4.79 Å². The van der Waals surface area contributed by atoms with Crippen LogP contribution < -0.4 is 0 Å². The Balaban J connectivity index is 2.53. The Morgan fingerprint density at radius 1 is 1.38 bits per heavy atom. The Morgan fingerprint density at radius 2 is 2.12 bits per heavy atom. The number of hydrogen-bond acceptors (Lipinski definition) is 2. The van der Waals surface area contributed by atoms with Crippen LogP contribution >= 0.6 is 11.8 Å². The Labute approximate surface area is 102 Å². The van der Waals surface area contributed by atoms with Gasteiger partial charge in [-0.05, 0) is 48.6 Å². The van der Waals surface area contributed by atoms with Gasteiger partial charge in [0.25, 0.3) is 0 Å². The van der Waals surface area contributed by atoms with Gasteiger partial charge in [-0.25, -0.2) is 0 Å². The maximum atomic E-state index is 11.4. The lowest BCUT2D eigenvalue weighted by Crippen LogP contribution is -2.17. The summed E-state index contributed by atoms with van der Waals surface area (Å²) in [7, 11) is 0. The summed E-state index contributed by atoms with van der Waals surface area (Å²) < 4.78 is 0. The molecular weight excluding hydrogens is 216 g/mol. The fourth-order valence-electron chi connectivity index (χ4n) is 2.23. The van der Waals surface area contributed by atoms with Gasteiger partial charge in [0.1, 0.15) is 0 Å². The number of thioether (sulfide) groups is 1. The first-order valence-electron chi connectivity index (χ1n) is 5.79. The summed E-state index contributed by atoms with van der Waals surface area (Å²) in [6, 6.07) is 6.16. The topological polar surface area (TPSA) is 17.1 Å². The number of benzene rings is 1. The van der Waals surface area contributed by atoms with Crippen LogP contribution in [0.3, 0.4) is 0 Å². The zero-order valence-corrected chi connectivity index (χ0v) is 11.0. The van der Waals surface area contributed by atoms with Crippen LogP contribution in [0, 0.1) is 0 Å². The van der Waals surface area contributed by atoms with Gasteiger partial charge in [-0.1, -0.05) is 19.9 Å². The molecule has 0 bridgehead atoms. The van der Waals surface area contributed by atoms with Gasteiger partial charge in [0.05, 0.1) is 0 Å². The standard InChI is InChI=1S/C14H18OS/c1-10(15)11-5-6-13-12(9-11)14(2,3)7-4-8-16-13/h5-6,9H,4,7-8H2,1-3H3. The Kier molecular flexibility index (Phi) is 3.11. The average Bonchev–Trinajstić information content (AvgIpc) is 2.37. The van der Waals surface area contributed by atoms with Crippen molar-refractivity contribution in [3.05, 3.63) is 29.3 Å². The van der Waals surface area contributed by atoms with E-state index in [2.05, 4.69) is 26.0 Å². The van der Waals surface area contributed by atoms with Crippen LogP contribution in [0.4, 0.5) is 0 Å². The number of hydrogen-bond donors (Lipinski definition) is 0. The maximum Gasteiger partial charge on any atom is 0.159 e. The number of rotatable bonds is 1. The van der Waals surface area contributed by atoms with Crippen LogP contribution in [0.5, 0.6) is 0 Å². The molecule has 2 heteroatoms. The number of Topliss-reactive ketones (excluding diaryl/α,β-unsaturated/α-hetero) is 1. The van der Waals surface area contributed by atoms with Crippen molar-refractivity contribution in [2.45, 2.75) is 43.9 Å². The second kappa shape index (κ2) is 4.25. The van der Waals surface area contributed by atoms with Crippen LogP contribution in [-0.4, -0.2) is 11.5 Å². The van der Waals surface area contributed by atoms with E-state index in [1.54, 1.807) is 6.92 Å². The van der Waals surface area contributed by atoms with E-state index in [4.69, 9.17) is 0 Å². The highest BCUT2D eigenvalue weighted by Crippen LogP contribution is 2.40. The van der Waals surface area contributed by atoms with E-state index in [1.807, 2.05) is 17.8 Å². The van der Waals surface area contributed by atoms with Gasteiger partial charge >= 0.3 is 0 Å². The smallest absolute Gasteiger partial charge is 0.159 e. The molecule has 0 atom stereocenters. The van der Waals surface area contributed by atoms with Crippen LogP contribution in [0.15, 0.2) is 23.1 Å². The second-order valence-corrected chi connectivity index (χ2v) is 6.24. The van der Waals surface area contributed by atoms with Gasteiger partial charge in [0.2, 0.25) is 0 Å². The molecule has 1 nitrogen and oxygen atoms in total. The Hall–Kier alpha value is -0.760. The first kappa shape index (κ1) is 11.7. The summed E-state index contributed by atoms with van der Waals surface area (Å²) >= 11 is 1.92. The Morgan fingerprint density at radius 3 is 2.81 bits per heavy atom. The van der Waals surface area contributed by atoms with Gasteiger partial charge in [0.15, 0.2) is 5.78 Å². The van der Waals surface area contributed by atoms with Crippen molar-refractivity contribution in [2.75, 3.05) is 5.75 Å². The van der Waals surface area contributed by atoms with Crippen molar-refractivity contribution in [3.63, 3.8) is 0 Å². The molecule has 2 rings (SSSR count). The van der Waals surface area contributed by atoms with E-state index in [0.29, 0.717) is 0 Å². The third-order valence-corrected chi connectivity index (χ3v) is 4.48. The summed E-state index contributed by atoms with van der Waals surface area (Å²) in [6.45, 7) is 6.20. The minimum atomic E-state index is 0.160. The summed E-state index contributed by atoms with van der Waals surface area (Å²) in [5.74, 6) is 1.35. The van der Waals surface area contributed by atoms with Crippen molar-refractivity contribution >= 4 is 17.5 Å². The quantitative estimate of drug-likeness (QED) is 0.682. The molecule has 1 aromatic rings. The highest BCUT2D eigenvalue weighted by atomic mass is 32.2. The molecule has 0 unspecified atom stereocenters. The monoisotopic (exact) mass is 234 g/mol. The third kappa shape index (κ3) is 2.17. The highest BCUT2D eigenvalue weighted by molar-refractivity contribution is 7.99. The molecule has 1 aliphatic rings. The van der Waals surface area contributed by atoms with E-state index < -0.39 is 0 Å². The van der Waals surface area contributed by atoms with Crippen molar-refractivity contribution < 1.29 is 4.79 Å². The largest absolute Gasteiger partial charge is 0.295 e. The van der Waals surface area contributed by atoms with Crippen molar-refractivity contribution in [2.24, 2.45) is 0 Å². The van der Waals surface area contributed by atoms with Crippen LogP contribution in [0.1, 0.15) is 49.5 Å². The minimum absolute atomic E-state index is 0.160. The lowest BCUT2D eigenvalue weighted by atomic mass is 9.80. The minimum Gasteiger partial charge on any atom is -0.295 e. The molecule has 0 amide bonds. The molecule has 0 aliphatic carbocycles. The normalized spacial score (nSPS) is 18.7. The second-order valence-electron chi connectivity index (χ2n) is 5.10. The first-order valence-corrected chi connectivity index (χ1v) is 6.77. The van der Waals surface area contributed by atoms with Crippen LogP contribution in [-0.2, 0) is 5.41 Å². The predicted octanol–water partition coefficient (Wildman–Crippen LogP) is 4.05. The molecule has 0 saturated carbocycles. The van der Waals surface area contributed by atoms with Gasteiger partial charge in [-0.3, -0.25) is 4.79 Å². The zero-order valence-electron chi connectivity index (χ0n) is 10.2. The molecule has 86 valence electrons. The number of fused-ring (bicyclic) bond motifs is 1. The van der Waals surface area contributed by atoms with E-state index >= 15 is 0 Å². The molecule has 0 fully saturated rings. The first-order chi connectivity index (χ1) is 7.50. The Bertz CT molecular complexity index is 421. The van der Waals surface area contributed by atoms with Gasteiger partial charge < -0.3 is 0 Å². The van der Waals surface area contributed by atoms with Crippen molar-refractivity contribution in [3.8, 4) is 0 Å². The van der Waals surface area contributed by atoms with Gasteiger partial charge in [0, 0.05) is 10.5 Å². The molecule has 0 radical (unpaired) electrons. The summed E-state index contributed by atoms with van der Waals surface area (Å²) in [6.07, 6.45) is 2.45. The van der Waals surface area contributed by atoms with E-state index in [-0.39, 0.29) is 11.2 Å². The molecule has 0 spiro atoms. The number of ketones is 1. The lowest BCUT2D eigenvalue weighted by Gasteiger charge is -2.25. The molecule has 0 aromatic heterocycles. The summed E-state index contributed by atoms with van der Waals surface area (Å²) in [5, 5.41) is 0. The SMILES string of the molecule is CC(=O)c1ccc2c(c1)C(C)(C)CCCS2.